The molecule has 1 rings (SSSR count). The van der Waals surface area contributed by atoms with Crippen molar-refractivity contribution in [2.24, 2.45) is 0 Å². The molecule has 3 nitrogen and oxygen atoms in total. The highest BCUT2D eigenvalue weighted by Crippen LogP contribution is 2.17. The number of ether oxygens (including phenoxy) is 2. The summed E-state index contributed by atoms with van der Waals surface area (Å²) in [6, 6.07) is 7.27. The second-order valence-corrected chi connectivity index (χ2v) is 2.23. The Morgan fingerprint density at radius 1 is 1.25 bits per heavy atom. The maximum Gasteiger partial charge on any atom is 0.216 e. The Kier molecular flexibility index (Phi) is 2.69. The number of nitrogens with one attached hydrogen (secondary N) is 1. The molecule has 0 atom stereocenters. The first-order valence-corrected chi connectivity index (χ1v) is 3.55. The molecule has 0 aromatic heterocycles. The molecule has 0 aliphatic heterocycles. The van der Waals surface area contributed by atoms with E-state index >= 15 is 0 Å². The minimum absolute atomic E-state index is 0.118. The second-order valence-electron chi connectivity index (χ2n) is 2.23. The molecule has 0 aliphatic carbocycles. The van der Waals surface area contributed by atoms with Crippen LogP contribution in [0.5, 0.6) is 5.75 Å². The van der Waals surface area contributed by atoms with Gasteiger partial charge in [0.05, 0.1) is 19.8 Å². The predicted octanol–water partition coefficient (Wildman–Crippen LogP) is 1.67. The number of benzene rings is 1. The summed E-state index contributed by atoms with van der Waals surface area (Å²) in [5.41, 5.74) is 0.669. The van der Waals surface area contributed by atoms with Crippen molar-refractivity contribution in [1.82, 2.24) is 0 Å². The molecule has 0 amide bonds. The van der Waals surface area contributed by atoms with E-state index in [1.165, 1.54) is 7.11 Å². The third-order valence-corrected chi connectivity index (χ3v) is 1.56. The van der Waals surface area contributed by atoms with Gasteiger partial charge in [0.2, 0.25) is 5.90 Å². The van der Waals surface area contributed by atoms with Gasteiger partial charge in [0.15, 0.2) is 0 Å². The van der Waals surface area contributed by atoms with Crippen LogP contribution in [0.25, 0.3) is 0 Å². The van der Waals surface area contributed by atoms with Crippen LogP contribution in [0.2, 0.25) is 0 Å². The van der Waals surface area contributed by atoms with Crippen molar-refractivity contribution in [3.8, 4) is 5.75 Å². The van der Waals surface area contributed by atoms with Crippen molar-refractivity contribution < 1.29 is 9.47 Å². The molecule has 3 heteroatoms. The van der Waals surface area contributed by atoms with Crippen LogP contribution in [-0.4, -0.2) is 20.1 Å². The van der Waals surface area contributed by atoms with Gasteiger partial charge in [-0.25, -0.2) is 0 Å². The van der Waals surface area contributed by atoms with Crippen molar-refractivity contribution in [2.45, 2.75) is 0 Å². The van der Waals surface area contributed by atoms with Crippen molar-refractivity contribution in [3.05, 3.63) is 29.8 Å². The zero-order valence-electron chi connectivity index (χ0n) is 7.13. The number of methoxy groups -OCH3 is 2. The Labute approximate surface area is 71.4 Å². The monoisotopic (exact) mass is 165 g/mol. The first-order chi connectivity index (χ1) is 5.79. The molecular weight excluding hydrogens is 154 g/mol. The Balaban J connectivity index is 3.04. The fraction of sp³-hybridized carbons (Fsp3) is 0.222. The van der Waals surface area contributed by atoms with E-state index in [-0.39, 0.29) is 5.90 Å². The maximum atomic E-state index is 7.42. The third kappa shape index (κ3) is 1.56. The summed E-state index contributed by atoms with van der Waals surface area (Å²) in [4.78, 5) is 0. The van der Waals surface area contributed by atoms with Crippen LogP contribution < -0.4 is 4.74 Å². The number of rotatable bonds is 2. The van der Waals surface area contributed by atoms with Gasteiger partial charge in [-0.05, 0) is 12.1 Å². The van der Waals surface area contributed by atoms with Gasteiger partial charge in [-0.1, -0.05) is 12.1 Å². The topological polar surface area (TPSA) is 42.3 Å². The first kappa shape index (κ1) is 8.59. The molecule has 1 aromatic rings. The molecule has 0 radical (unpaired) electrons. The fourth-order valence-corrected chi connectivity index (χ4v) is 0.942. The molecule has 12 heavy (non-hydrogen) atoms. The van der Waals surface area contributed by atoms with Crippen LogP contribution >= 0.6 is 0 Å². The lowest BCUT2D eigenvalue weighted by molar-refractivity contribution is 0.388. The van der Waals surface area contributed by atoms with E-state index in [1.54, 1.807) is 19.2 Å². The first-order valence-electron chi connectivity index (χ1n) is 3.55. The van der Waals surface area contributed by atoms with Crippen molar-refractivity contribution in [2.75, 3.05) is 14.2 Å². The molecule has 0 heterocycles. The highest BCUT2D eigenvalue weighted by molar-refractivity contribution is 5.94. The SMILES string of the molecule is COC(=N)c1ccccc1OC. The number of hydrogen-bond donors (Lipinski definition) is 1. The molecule has 0 unspecified atom stereocenters. The number of hydrogen-bond acceptors (Lipinski definition) is 3. The highest BCUT2D eigenvalue weighted by Gasteiger charge is 2.06. The molecule has 0 fully saturated rings. The second kappa shape index (κ2) is 3.76. The van der Waals surface area contributed by atoms with Gasteiger partial charge in [0.1, 0.15) is 5.75 Å². The van der Waals surface area contributed by atoms with Gasteiger partial charge >= 0.3 is 0 Å². The quantitative estimate of drug-likeness (QED) is 0.535. The Morgan fingerprint density at radius 3 is 2.50 bits per heavy atom. The van der Waals surface area contributed by atoms with E-state index in [1.807, 2.05) is 12.1 Å². The van der Waals surface area contributed by atoms with Gasteiger partial charge in [0.25, 0.3) is 0 Å². The number of para-hydroxylation sites is 1. The van der Waals surface area contributed by atoms with Crippen molar-refractivity contribution in [1.29, 1.82) is 5.41 Å². The molecule has 1 aromatic carbocycles. The molecule has 1 N–H and O–H groups in total. The summed E-state index contributed by atoms with van der Waals surface area (Å²) in [7, 11) is 3.04. The Bertz CT molecular complexity index is 284. The molecule has 64 valence electrons. The average molecular weight is 165 g/mol. The summed E-state index contributed by atoms with van der Waals surface area (Å²) in [6.07, 6.45) is 0. The normalized spacial score (nSPS) is 9.17. The van der Waals surface area contributed by atoms with Gasteiger partial charge in [-0.15, -0.1) is 0 Å². The Morgan fingerprint density at radius 2 is 1.92 bits per heavy atom. The minimum Gasteiger partial charge on any atom is -0.496 e. The van der Waals surface area contributed by atoms with E-state index in [2.05, 4.69) is 0 Å². The molecule has 0 bridgehead atoms. The molecule has 0 saturated carbocycles. The van der Waals surface area contributed by atoms with E-state index in [0.29, 0.717) is 11.3 Å². The summed E-state index contributed by atoms with van der Waals surface area (Å²) < 4.78 is 9.83. The third-order valence-electron chi connectivity index (χ3n) is 1.56. The van der Waals surface area contributed by atoms with Crippen LogP contribution in [0.3, 0.4) is 0 Å². The summed E-state index contributed by atoms with van der Waals surface area (Å²) in [6.45, 7) is 0. The molecule has 0 spiro atoms. The molecule has 0 aliphatic rings. The van der Waals surface area contributed by atoms with Crippen LogP contribution in [0.15, 0.2) is 24.3 Å². The van der Waals surface area contributed by atoms with Crippen LogP contribution in [-0.2, 0) is 4.74 Å². The van der Waals surface area contributed by atoms with Crippen LogP contribution in [0.4, 0.5) is 0 Å². The lowest BCUT2D eigenvalue weighted by Crippen LogP contribution is -2.03. The van der Waals surface area contributed by atoms with Gasteiger partial charge in [-0.3, -0.25) is 5.41 Å². The largest absolute Gasteiger partial charge is 0.496 e. The average Bonchev–Trinajstić information content (AvgIpc) is 2.16. The zero-order valence-corrected chi connectivity index (χ0v) is 7.13. The molecular formula is C9H11NO2. The minimum atomic E-state index is 0.118. The summed E-state index contributed by atoms with van der Waals surface area (Å²) in [5, 5.41) is 7.42. The van der Waals surface area contributed by atoms with Gasteiger partial charge in [-0.2, -0.15) is 0 Å². The smallest absolute Gasteiger partial charge is 0.216 e. The lowest BCUT2D eigenvalue weighted by Gasteiger charge is -2.07. The maximum absolute atomic E-state index is 7.42. The zero-order chi connectivity index (χ0) is 8.97. The van der Waals surface area contributed by atoms with Crippen molar-refractivity contribution >= 4 is 5.90 Å². The molecule has 0 saturated heterocycles. The fourth-order valence-electron chi connectivity index (χ4n) is 0.942. The standard InChI is InChI=1S/C9H11NO2/c1-11-8-6-4-3-5-7(8)9(10)12-2/h3-6,10H,1-2H3. The van der Waals surface area contributed by atoms with E-state index in [9.17, 15) is 0 Å². The van der Waals surface area contributed by atoms with Gasteiger partial charge in [0, 0.05) is 0 Å². The van der Waals surface area contributed by atoms with Crippen LogP contribution in [0.1, 0.15) is 5.56 Å². The van der Waals surface area contributed by atoms with Crippen LogP contribution in [0, 0.1) is 5.41 Å². The van der Waals surface area contributed by atoms with E-state index < -0.39 is 0 Å². The van der Waals surface area contributed by atoms with Gasteiger partial charge < -0.3 is 9.47 Å². The van der Waals surface area contributed by atoms with E-state index in [0.717, 1.165) is 0 Å². The lowest BCUT2D eigenvalue weighted by atomic mass is 10.2. The van der Waals surface area contributed by atoms with E-state index in [4.69, 9.17) is 14.9 Å². The van der Waals surface area contributed by atoms with Crippen molar-refractivity contribution in [3.63, 3.8) is 0 Å². The highest BCUT2D eigenvalue weighted by atomic mass is 16.5. The summed E-state index contributed by atoms with van der Waals surface area (Å²) in [5.74, 6) is 0.775. The Hall–Kier alpha value is -1.51. The summed E-state index contributed by atoms with van der Waals surface area (Å²) >= 11 is 0. The predicted molar refractivity (Wildman–Crippen MR) is 46.8 cm³/mol.